The number of carbonyl (C=O) groups excluding carboxylic acids is 2. The van der Waals surface area contributed by atoms with E-state index in [1.807, 2.05) is 6.92 Å². The fraction of sp³-hybridized carbons (Fsp3) is 0.263. The topological polar surface area (TPSA) is 125 Å². The molecule has 8 nitrogen and oxygen atoms in total. The van der Waals surface area contributed by atoms with Gasteiger partial charge in [-0.05, 0) is 43.7 Å². The normalized spacial score (nSPS) is 12.1. The summed E-state index contributed by atoms with van der Waals surface area (Å²) < 4.78 is 32.7. The van der Waals surface area contributed by atoms with Crippen LogP contribution < -0.4 is 15.2 Å². The van der Waals surface area contributed by atoms with Gasteiger partial charge >= 0.3 is 5.97 Å². The molecule has 1 amide bonds. The van der Waals surface area contributed by atoms with E-state index >= 15 is 0 Å². The van der Waals surface area contributed by atoms with Crippen LogP contribution in [0.2, 0.25) is 0 Å². The van der Waals surface area contributed by atoms with Gasteiger partial charge in [0.25, 0.3) is 5.91 Å². The van der Waals surface area contributed by atoms with E-state index in [0.717, 1.165) is 5.56 Å². The van der Waals surface area contributed by atoms with Crippen molar-refractivity contribution >= 4 is 21.9 Å². The maximum absolute atomic E-state index is 12.2. The van der Waals surface area contributed by atoms with Crippen LogP contribution in [0.5, 0.6) is 5.75 Å². The highest BCUT2D eigenvalue weighted by molar-refractivity contribution is 7.89. The van der Waals surface area contributed by atoms with Crippen molar-refractivity contribution in [2.45, 2.75) is 24.8 Å². The molecule has 3 N–H and O–H groups in total. The van der Waals surface area contributed by atoms with E-state index in [4.69, 9.17) is 14.6 Å². The number of ether oxygens (including phenoxy) is 2. The SMILES string of the molecule is COc1ccc(C)cc1C(=O)OCC(=O)N[C@@H](C)c1ccc(S(N)(=O)=O)cc1. The number of benzene rings is 2. The molecule has 0 saturated carbocycles. The van der Waals surface area contributed by atoms with Gasteiger partial charge in [0.15, 0.2) is 6.61 Å². The van der Waals surface area contributed by atoms with Crippen molar-refractivity contribution in [3.8, 4) is 5.75 Å². The molecule has 0 aliphatic heterocycles. The van der Waals surface area contributed by atoms with Gasteiger partial charge < -0.3 is 14.8 Å². The lowest BCUT2D eigenvalue weighted by atomic mass is 10.1. The van der Waals surface area contributed by atoms with Crippen LogP contribution in [0.3, 0.4) is 0 Å². The minimum absolute atomic E-state index is 0.0178. The number of nitrogens with two attached hydrogens (primary N) is 1. The molecule has 0 unspecified atom stereocenters. The third-order valence-corrected chi connectivity index (χ3v) is 4.92. The number of aryl methyl sites for hydroxylation is 1. The summed E-state index contributed by atoms with van der Waals surface area (Å²) in [6, 6.07) is 10.5. The first-order valence-corrected chi connectivity index (χ1v) is 9.90. The third kappa shape index (κ3) is 5.54. The van der Waals surface area contributed by atoms with E-state index in [2.05, 4.69) is 5.32 Å². The van der Waals surface area contributed by atoms with Crippen LogP contribution in [0.1, 0.15) is 34.5 Å². The minimum Gasteiger partial charge on any atom is -0.496 e. The lowest BCUT2D eigenvalue weighted by Gasteiger charge is -2.15. The molecule has 1 atom stereocenters. The second kappa shape index (κ2) is 8.85. The quantitative estimate of drug-likeness (QED) is 0.674. The van der Waals surface area contributed by atoms with Crippen molar-refractivity contribution in [3.05, 3.63) is 59.2 Å². The summed E-state index contributed by atoms with van der Waals surface area (Å²) in [5, 5.41) is 7.73. The van der Waals surface area contributed by atoms with E-state index in [-0.39, 0.29) is 10.5 Å². The van der Waals surface area contributed by atoms with Gasteiger partial charge in [0.1, 0.15) is 11.3 Å². The Hall–Kier alpha value is -2.91. The molecule has 0 radical (unpaired) electrons. The number of carbonyl (C=O) groups is 2. The summed E-state index contributed by atoms with van der Waals surface area (Å²) in [7, 11) is -2.34. The third-order valence-electron chi connectivity index (χ3n) is 4.00. The van der Waals surface area contributed by atoms with Crippen molar-refractivity contribution < 1.29 is 27.5 Å². The predicted octanol–water partition coefficient (Wildman–Crippen LogP) is 1.69. The molecule has 0 aliphatic rings. The van der Waals surface area contributed by atoms with Gasteiger partial charge in [0, 0.05) is 0 Å². The minimum atomic E-state index is -3.78. The maximum atomic E-state index is 12.2. The number of amides is 1. The van der Waals surface area contributed by atoms with Gasteiger partial charge in [-0.2, -0.15) is 0 Å². The second-order valence-corrected chi connectivity index (χ2v) is 7.74. The molecule has 0 spiro atoms. The molecular formula is C19H22N2O6S. The predicted molar refractivity (Wildman–Crippen MR) is 102 cm³/mol. The van der Waals surface area contributed by atoms with Gasteiger partial charge in [-0.3, -0.25) is 4.79 Å². The fourth-order valence-corrected chi connectivity index (χ4v) is 3.02. The van der Waals surface area contributed by atoms with Gasteiger partial charge in [-0.15, -0.1) is 0 Å². The number of sulfonamides is 1. The van der Waals surface area contributed by atoms with E-state index in [1.54, 1.807) is 37.3 Å². The number of hydrogen-bond acceptors (Lipinski definition) is 6. The van der Waals surface area contributed by atoms with Crippen molar-refractivity contribution in [1.82, 2.24) is 5.32 Å². The molecule has 28 heavy (non-hydrogen) atoms. The standard InChI is InChI=1S/C19H22N2O6S/c1-12-4-9-17(26-3)16(10-12)19(23)27-11-18(22)21-13(2)14-5-7-15(8-6-14)28(20,24)25/h4-10,13H,11H2,1-3H3,(H,21,22)(H2,20,24,25)/t13-/m0/s1. The highest BCUT2D eigenvalue weighted by Gasteiger charge is 2.17. The smallest absolute Gasteiger partial charge is 0.342 e. The summed E-state index contributed by atoms with van der Waals surface area (Å²) in [5.74, 6) is -0.803. The average Bonchev–Trinajstić information content (AvgIpc) is 2.65. The Labute approximate surface area is 163 Å². The van der Waals surface area contributed by atoms with Crippen LogP contribution in [0, 0.1) is 6.92 Å². The van der Waals surface area contributed by atoms with Crippen LogP contribution in [0.4, 0.5) is 0 Å². The lowest BCUT2D eigenvalue weighted by molar-refractivity contribution is -0.124. The summed E-state index contributed by atoms with van der Waals surface area (Å²) in [5.41, 5.74) is 1.77. The molecule has 0 bridgehead atoms. The van der Waals surface area contributed by atoms with Gasteiger partial charge in [0.05, 0.1) is 18.0 Å². The number of esters is 1. The molecule has 2 aromatic rings. The molecule has 0 aromatic heterocycles. The fourth-order valence-electron chi connectivity index (χ4n) is 2.50. The maximum Gasteiger partial charge on any atom is 0.342 e. The Morgan fingerprint density at radius 2 is 1.79 bits per heavy atom. The first kappa shape index (κ1) is 21.4. The molecule has 0 saturated heterocycles. The van der Waals surface area contributed by atoms with Crippen LogP contribution in [-0.2, 0) is 19.6 Å². The Morgan fingerprint density at radius 1 is 1.14 bits per heavy atom. The average molecular weight is 406 g/mol. The van der Waals surface area contributed by atoms with Gasteiger partial charge in [0.2, 0.25) is 10.0 Å². The molecule has 9 heteroatoms. The summed E-state index contributed by atoms with van der Waals surface area (Å²) >= 11 is 0. The Bertz CT molecular complexity index is 970. The van der Waals surface area contributed by atoms with Crippen molar-refractivity contribution in [2.24, 2.45) is 5.14 Å². The number of hydrogen-bond donors (Lipinski definition) is 2. The largest absolute Gasteiger partial charge is 0.496 e. The van der Waals surface area contributed by atoms with Gasteiger partial charge in [-0.1, -0.05) is 23.8 Å². The van der Waals surface area contributed by atoms with Crippen LogP contribution in [0.15, 0.2) is 47.4 Å². The Morgan fingerprint density at radius 3 is 2.36 bits per heavy atom. The zero-order chi connectivity index (χ0) is 20.9. The molecular weight excluding hydrogens is 384 g/mol. The van der Waals surface area contributed by atoms with Crippen molar-refractivity contribution in [3.63, 3.8) is 0 Å². The highest BCUT2D eigenvalue weighted by Crippen LogP contribution is 2.20. The highest BCUT2D eigenvalue weighted by atomic mass is 32.2. The number of methoxy groups -OCH3 is 1. The first-order chi connectivity index (χ1) is 13.1. The summed E-state index contributed by atoms with van der Waals surface area (Å²) in [6.07, 6.45) is 0. The van der Waals surface area contributed by atoms with Gasteiger partial charge in [-0.25, -0.2) is 18.4 Å². The number of nitrogens with one attached hydrogen (secondary N) is 1. The lowest BCUT2D eigenvalue weighted by Crippen LogP contribution is -2.31. The first-order valence-electron chi connectivity index (χ1n) is 8.35. The second-order valence-electron chi connectivity index (χ2n) is 6.18. The molecule has 0 aliphatic carbocycles. The molecule has 2 aromatic carbocycles. The number of rotatable bonds is 7. The van der Waals surface area contributed by atoms with Crippen molar-refractivity contribution in [2.75, 3.05) is 13.7 Å². The van der Waals surface area contributed by atoms with Crippen LogP contribution >= 0.6 is 0 Å². The van der Waals surface area contributed by atoms with Crippen LogP contribution in [-0.4, -0.2) is 34.0 Å². The monoisotopic (exact) mass is 406 g/mol. The van der Waals surface area contributed by atoms with Crippen LogP contribution in [0.25, 0.3) is 0 Å². The molecule has 0 fully saturated rings. The number of primary sulfonamides is 1. The zero-order valence-electron chi connectivity index (χ0n) is 15.8. The molecule has 2 rings (SSSR count). The summed E-state index contributed by atoms with van der Waals surface area (Å²) in [4.78, 5) is 24.3. The summed E-state index contributed by atoms with van der Waals surface area (Å²) in [6.45, 7) is 3.08. The van der Waals surface area contributed by atoms with E-state index in [9.17, 15) is 18.0 Å². The Kier molecular flexibility index (Phi) is 6.76. The van der Waals surface area contributed by atoms with E-state index < -0.39 is 34.5 Å². The van der Waals surface area contributed by atoms with E-state index in [1.165, 1.54) is 19.2 Å². The zero-order valence-corrected chi connectivity index (χ0v) is 16.6. The van der Waals surface area contributed by atoms with E-state index in [0.29, 0.717) is 11.3 Å². The molecule has 150 valence electrons. The molecule has 0 heterocycles. The van der Waals surface area contributed by atoms with Crippen molar-refractivity contribution in [1.29, 1.82) is 0 Å². The Balaban J connectivity index is 1.95.